The van der Waals surface area contributed by atoms with E-state index in [2.05, 4.69) is 11.9 Å². The van der Waals surface area contributed by atoms with Crippen LogP contribution in [0.15, 0.2) is 30.1 Å². The van der Waals surface area contributed by atoms with E-state index in [4.69, 9.17) is 4.74 Å². The van der Waals surface area contributed by atoms with Crippen molar-refractivity contribution in [2.24, 2.45) is 5.92 Å². The van der Waals surface area contributed by atoms with Gasteiger partial charge in [0, 0.05) is 18.2 Å². The van der Waals surface area contributed by atoms with Crippen molar-refractivity contribution in [3.63, 3.8) is 0 Å². The second kappa shape index (κ2) is 4.19. The minimum Gasteiger partial charge on any atom is -0.503 e. The van der Waals surface area contributed by atoms with Crippen LogP contribution in [0, 0.1) is 5.92 Å². The van der Waals surface area contributed by atoms with Crippen LogP contribution in [0.1, 0.15) is 23.3 Å². The summed E-state index contributed by atoms with van der Waals surface area (Å²) in [5.74, 6) is 0.187. The van der Waals surface area contributed by atoms with Crippen LogP contribution in [0.4, 0.5) is 0 Å². The van der Waals surface area contributed by atoms with E-state index in [1.54, 1.807) is 10.8 Å². The number of allylic oxidation sites excluding steroid dienone is 3. The normalized spacial score (nSPS) is 21.9. The monoisotopic (exact) mass is 260 g/mol. The Kier molecular flexibility index (Phi) is 2.62. The molecule has 5 heteroatoms. The number of hydrogen-bond donors (Lipinski definition) is 2. The highest BCUT2D eigenvalue weighted by atomic mass is 16.5. The Morgan fingerprint density at radius 3 is 3.11 bits per heavy atom. The largest absolute Gasteiger partial charge is 0.503 e. The molecule has 19 heavy (non-hydrogen) atoms. The number of aromatic hydroxyl groups is 1. The van der Waals surface area contributed by atoms with E-state index in [-0.39, 0.29) is 23.3 Å². The van der Waals surface area contributed by atoms with Gasteiger partial charge in [-0.05, 0) is 12.8 Å². The van der Waals surface area contributed by atoms with Gasteiger partial charge in [0.1, 0.15) is 0 Å². The van der Waals surface area contributed by atoms with E-state index >= 15 is 0 Å². The zero-order chi connectivity index (χ0) is 13.6. The molecule has 1 amide bonds. The molecule has 1 aromatic rings. The standard InChI is InChI=1S/C14H16N2O3/c1-8-3-4-10-9(5-8)6-16-7-11(17)13(19-2)12(16)14(18)15-10/h4,7,9,17H,1,3,5-6H2,2H3,(H,15,18)/t9-/m1/s1. The van der Waals surface area contributed by atoms with Gasteiger partial charge >= 0.3 is 0 Å². The van der Waals surface area contributed by atoms with Crippen LogP contribution in [-0.2, 0) is 6.54 Å². The number of fused-ring (bicyclic) bond motifs is 2. The fourth-order valence-electron chi connectivity index (χ4n) is 2.81. The lowest BCUT2D eigenvalue weighted by Crippen LogP contribution is -2.26. The molecule has 1 aliphatic carbocycles. The van der Waals surface area contributed by atoms with Crippen molar-refractivity contribution in [2.75, 3.05) is 7.11 Å². The Bertz CT molecular complexity index is 598. The molecule has 2 N–H and O–H groups in total. The first-order valence-corrected chi connectivity index (χ1v) is 6.24. The molecule has 100 valence electrons. The van der Waals surface area contributed by atoms with Gasteiger partial charge in [0.05, 0.1) is 13.3 Å². The third-order valence-corrected chi connectivity index (χ3v) is 3.69. The third kappa shape index (κ3) is 1.82. The first-order valence-electron chi connectivity index (χ1n) is 6.24. The summed E-state index contributed by atoms with van der Waals surface area (Å²) in [6.45, 7) is 4.64. The van der Waals surface area contributed by atoms with Crippen molar-refractivity contribution in [3.8, 4) is 11.5 Å². The van der Waals surface area contributed by atoms with Gasteiger partial charge in [-0.2, -0.15) is 0 Å². The Labute approximate surface area is 111 Å². The maximum absolute atomic E-state index is 12.2. The highest BCUT2D eigenvalue weighted by Crippen LogP contribution is 2.37. The molecule has 0 spiro atoms. The van der Waals surface area contributed by atoms with Crippen LogP contribution in [0.25, 0.3) is 0 Å². The van der Waals surface area contributed by atoms with E-state index in [0.717, 1.165) is 24.1 Å². The van der Waals surface area contributed by atoms with Crippen molar-refractivity contribution < 1.29 is 14.6 Å². The van der Waals surface area contributed by atoms with Crippen LogP contribution < -0.4 is 10.1 Å². The van der Waals surface area contributed by atoms with Crippen LogP contribution >= 0.6 is 0 Å². The van der Waals surface area contributed by atoms with Gasteiger partial charge in [-0.3, -0.25) is 4.79 Å². The molecule has 0 bridgehead atoms. The average molecular weight is 260 g/mol. The van der Waals surface area contributed by atoms with Gasteiger partial charge in [-0.1, -0.05) is 18.2 Å². The zero-order valence-corrected chi connectivity index (χ0v) is 10.8. The molecule has 0 aromatic carbocycles. The first-order chi connectivity index (χ1) is 9.10. The van der Waals surface area contributed by atoms with E-state index in [0.29, 0.717) is 12.2 Å². The molecule has 2 aliphatic rings. The minimum absolute atomic E-state index is 0.00489. The van der Waals surface area contributed by atoms with Gasteiger partial charge in [0.2, 0.25) is 0 Å². The number of nitrogens with one attached hydrogen (secondary N) is 1. The molecule has 1 atom stereocenters. The summed E-state index contributed by atoms with van der Waals surface area (Å²) in [4.78, 5) is 12.2. The Morgan fingerprint density at radius 2 is 2.37 bits per heavy atom. The van der Waals surface area contributed by atoms with E-state index < -0.39 is 0 Å². The van der Waals surface area contributed by atoms with Crippen molar-refractivity contribution >= 4 is 5.91 Å². The van der Waals surface area contributed by atoms with Gasteiger partial charge < -0.3 is 19.7 Å². The van der Waals surface area contributed by atoms with Crippen molar-refractivity contribution in [1.82, 2.24) is 9.88 Å². The van der Waals surface area contributed by atoms with Crippen LogP contribution in [0.3, 0.4) is 0 Å². The predicted octanol–water partition coefficient (Wildman–Crippen LogP) is 1.80. The summed E-state index contributed by atoms with van der Waals surface area (Å²) < 4.78 is 6.87. The van der Waals surface area contributed by atoms with Crippen LogP contribution in [0.2, 0.25) is 0 Å². The quantitative estimate of drug-likeness (QED) is 0.757. The lowest BCUT2D eigenvalue weighted by molar-refractivity contribution is 0.0956. The number of carbonyl (C=O) groups excluding carboxylic acids is 1. The van der Waals surface area contributed by atoms with Crippen molar-refractivity contribution in [2.45, 2.75) is 19.4 Å². The molecule has 0 radical (unpaired) electrons. The maximum atomic E-state index is 12.2. The SMILES string of the molecule is C=C1CC=C2NC(=O)c3c(OC)c(O)cn3C[C@H]2C1. The summed E-state index contributed by atoms with van der Waals surface area (Å²) in [7, 11) is 1.45. The smallest absolute Gasteiger partial charge is 0.276 e. The molecule has 1 aromatic heterocycles. The number of methoxy groups -OCH3 is 1. The lowest BCUT2D eigenvalue weighted by atomic mass is 9.89. The maximum Gasteiger partial charge on any atom is 0.276 e. The van der Waals surface area contributed by atoms with Crippen LogP contribution in [-0.4, -0.2) is 22.7 Å². The van der Waals surface area contributed by atoms with Gasteiger partial charge in [-0.15, -0.1) is 0 Å². The molecule has 0 unspecified atom stereocenters. The summed E-state index contributed by atoms with van der Waals surface area (Å²) in [6.07, 6.45) is 5.23. The molecule has 0 saturated carbocycles. The van der Waals surface area contributed by atoms with Gasteiger partial charge in [-0.25, -0.2) is 0 Å². The molecule has 0 fully saturated rings. The predicted molar refractivity (Wildman–Crippen MR) is 70.1 cm³/mol. The number of nitrogens with zero attached hydrogens (tertiary/aromatic N) is 1. The molecular weight excluding hydrogens is 244 g/mol. The van der Waals surface area contributed by atoms with E-state index in [9.17, 15) is 9.90 Å². The fraction of sp³-hybridized carbons (Fsp3) is 0.357. The summed E-state index contributed by atoms with van der Waals surface area (Å²) in [6, 6.07) is 0. The Morgan fingerprint density at radius 1 is 1.58 bits per heavy atom. The number of amides is 1. The highest BCUT2D eigenvalue weighted by Gasteiger charge is 2.31. The van der Waals surface area contributed by atoms with E-state index in [1.807, 2.05) is 6.08 Å². The van der Waals surface area contributed by atoms with Gasteiger partial charge in [0.25, 0.3) is 5.91 Å². The van der Waals surface area contributed by atoms with Crippen molar-refractivity contribution in [1.29, 1.82) is 0 Å². The number of hydrogen-bond acceptors (Lipinski definition) is 3. The topological polar surface area (TPSA) is 63.5 Å². The number of rotatable bonds is 1. The molecule has 3 rings (SSSR count). The summed E-state index contributed by atoms with van der Waals surface area (Å²) in [5, 5.41) is 12.7. The Balaban J connectivity index is 2.07. The van der Waals surface area contributed by atoms with E-state index in [1.165, 1.54) is 7.11 Å². The molecule has 2 heterocycles. The molecule has 0 saturated heterocycles. The van der Waals surface area contributed by atoms with Crippen LogP contribution in [0.5, 0.6) is 11.5 Å². The average Bonchev–Trinajstić information content (AvgIpc) is 2.61. The second-order valence-corrected chi connectivity index (χ2v) is 5.02. The molecule has 1 aliphatic heterocycles. The van der Waals surface area contributed by atoms with Gasteiger partial charge in [0.15, 0.2) is 17.2 Å². The zero-order valence-electron chi connectivity index (χ0n) is 10.8. The second-order valence-electron chi connectivity index (χ2n) is 5.02. The minimum atomic E-state index is -0.238. The lowest BCUT2D eigenvalue weighted by Gasteiger charge is -2.23. The molecular formula is C14H16N2O3. The fourth-order valence-corrected chi connectivity index (χ4v) is 2.81. The number of ether oxygens (including phenoxy) is 1. The highest BCUT2D eigenvalue weighted by molar-refractivity contribution is 5.98. The first kappa shape index (κ1) is 11.9. The van der Waals surface area contributed by atoms with Crippen molar-refractivity contribution in [3.05, 3.63) is 35.8 Å². The molecule has 5 nitrogen and oxygen atoms in total. The number of carbonyl (C=O) groups is 1. The summed E-state index contributed by atoms with van der Waals surface area (Å²) in [5.41, 5.74) is 2.48. The third-order valence-electron chi connectivity index (χ3n) is 3.69. The Hall–Kier alpha value is -2.17. The number of aromatic nitrogens is 1. The summed E-state index contributed by atoms with van der Waals surface area (Å²) >= 11 is 0.